The molecular formula is C14H24O2. The molecule has 0 amide bonds. The third-order valence-corrected chi connectivity index (χ3v) is 5.24. The fraction of sp³-hybridized carbons (Fsp3) is 1.00. The van der Waals surface area contributed by atoms with Crippen molar-refractivity contribution in [1.29, 1.82) is 0 Å². The lowest BCUT2D eigenvalue weighted by molar-refractivity contribution is -0.141. The monoisotopic (exact) mass is 224 g/mol. The Hall–Kier alpha value is -0.0800. The minimum atomic E-state index is -0.417. The van der Waals surface area contributed by atoms with Crippen molar-refractivity contribution in [2.45, 2.75) is 69.5 Å². The summed E-state index contributed by atoms with van der Waals surface area (Å²) in [4.78, 5) is 0. The number of aliphatic hydroxyl groups is 1. The number of rotatable bonds is 2. The summed E-state index contributed by atoms with van der Waals surface area (Å²) in [6.45, 7) is 2.94. The van der Waals surface area contributed by atoms with Crippen LogP contribution < -0.4 is 0 Å². The molecule has 92 valence electrons. The van der Waals surface area contributed by atoms with Crippen LogP contribution in [0.3, 0.4) is 0 Å². The summed E-state index contributed by atoms with van der Waals surface area (Å²) in [6.07, 6.45) is 9.72. The Bertz CT molecular complexity index is 262. The predicted molar refractivity (Wildman–Crippen MR) is 63.2 cm³/mol. The molecule has 0 aromatic rings. The lowest BCUT2D eigenvalue weighted by Crippen LogP contribution is -2.47. The second-order valence-electron chi connectivity index (χ2n) is 6.43. The maximum Gasteiger partial charge on any atom is 0.0686 e. The zero-order chi connectivity index (χ0) is 11.2. The van der Waals surface area contributed by atoms with Gasteiger partial charge in [-0.1, -0.05) is 12.8 Å². The van der Waals surface area contributed by atoms with E-state index in [-0.39, 0.29) is 5.60 Å². The van der Waals surface area contributed by atoms with E-state index in [1.54, 1.807) is 0 Å². The van der Waals surface area contributed by atoms with Crippen LogP contribution in [0.15, 0.2) is 0 Å². The lowest BCUT2D eigenvalue weighted by Gasteiger charge is -2.44. The minimum absolute atomic E-state index is 0.155. The van der Waals surface area contributed by atoms with E-state index in [2.05, 4.69) is 6.92 Å². The van der Waals surface area contributed by atoms with Crippen molar-refractivity contribution in [3.05, 3.63) is 0 Å². The van der Waals surface area contributed by atoms with Gasteiger partial charge in [-0.3, -0.25) is 0 Å². The van der Waals surface area contributed by atoms with Gasteiger partial charge in [0.25, 0.3) is 0 Å². The van der Waals surface area contributed by atoms with E-state index < -0.39 is 5.60 Å². The number of hydrogen-bond donors (Lipinski definition) is 1. The quantitative estimate of drug-likeness (QED) is 0.781. The maximum absolute atomic E-state index is 10.7. The first kappa shape index (κ1) is 11.0. The molecule has 3 fully saturated rings. The van der Waals surface area contributed by atoms with Crippen molar-refractivity contribution in [2.24, 2.45) is 11.8 Å². The second-order valence-corrected chi connectivity index (χ2v) is 6.43. The Morgan fingerprint density at radius 1 is 1.12 bits per heavy atom. The Kier molecular flexibility index (Phi) is 2.56. The van der Waals surface area contributed by atoms with Gasteiger partial charge in [-0.15, -0.1) is 0 Å². The molecule has 1 saturated heterocycles. The van der Waals surface area contributed by atoms with Gasteiger partial charge in [0.05, 0.1) is 11.2 Å². The molecule has 2 nitrogen and oxygen atoms in total. The van der Waals surface area contributed by atoms with E-state index in [0.29, 0.717) is 11.8 Å². The summed E-state index contributed by atoms with van der Waals surface area (Å²) in [5.41, 5.74) is -0.263. The molecule has 2 aliphatic carbocycles. The third-order valence-electron chi connectivity index (χ3n) is 5.24. The van der Waals surface area contributed by atoms with Crippen molar-refractivity contribution in [3.63, 3.8) is 0 Å². The van der Waals surface area contributed by atoms with E-state index in [1.165, 1.54) is 38.5 Å². The highest BCUT2D eigenvalue weighted by Gasteiger charge is 2.50. The molecule has 0 aromatic heterocycles. The zero-order valence-electron chi connectivity index (χ0n) is 10.4. The first-order valence-corrected chi connectivity index (χ1v) is 6.99. The molecule has 0 radical (unpaired) electrons. The maximum atomic E-state index is 10.7. The third kappa shape index (κ3) is 1.80. The molecule has 0 bridgehead atoms. The van der Waals surface area contributed by atoms with Crippen LogP contribution in [0.1, 0.15) is 58.3 Å². The fourth-order valence-electron chi connectivity index (χ4n) is 3.90. The first-order chi connectivity index (χ1) is 7.62. The highest BCUT2D eigenvalue weighted by Crippen LogP contribution is 2.51. The van der Waals surface area contributed by atoms with Gasteiger partial charge < -0.3 is 9.84 Å². The molecule has 1 heterocycles. The van der Waals surface area contributed by atoms with Gasteiger partial charge >= 0.3 is 0 Å². The molecule has 3 rings (SSSR count). The Balaban J connectivity index is 1.71. The van der Waals surface area contributed by atoms with Crippen molar-refractivity contribution < 1.29 is 9.84 Å². The molecule has 16 heavy (non-hydrogen) atoms. The average molecular weight is 224 g/mol. The summed E-state index contributed by atoms with van der Waals surface area (Å²) >= 11 is 0. The molecule has 0 aromatic carbocycles. The van der Waals surface area contributed by atoms with E-state index in [9.17, 15) is 5.11 Å². The van der Waals surface area contributed by atoms with Crippen LogP contribution in [0.25, 0.3) is 0 Å². The van der Waals surface area contributed by atoms with Crippen LogP contribution in [0.4, 0.5) is 0 Å². The summed E-state index contributed by atoms with van der Waals surface area (Å²) in [5, 5.41) is 10.7. The molecule has 2 atom stereocenters. The van der Waals surface area contributed by atoms with Crippen molar-refractivity contribution >= 4 is 0 Å². The topological polar surface area (TPSA) is 29.5 Å². The molecule has 2 unspecified atom stereocenters. The molecule has 3 aliphatic rings. The van der Waals surface area contributed by atoms with E-state index in [0.717, 1.165) is 19.4 Å². The van der Waals surface area contributed by atoms with Crippen LogP contribution in [0.2, 0.25) is 0 Å². The lowest BCUT2D eigenvalue weighted by atomic mass is 9.74. The fourth-order valence-corrected chi connectivity index (χ4v) is 3.90. The average Bonchev–Trinajstić information content (AvgIpc) is 3.04. The molecule has 1 spiro atoms. The standard InChI is InChI=1S/C14H24O2/c1-13(15,11-4-5-11)12-6-9-16-14(10-12)7-2-3-8-14/h11-12,15H,2-10H2,1H3. The number of ether oxygens (including phenoxy) is 1. The van der Waals surface area contributed by atoms with E-state index in [4.69, 9.17) is 4.74 Å². The van der Waals surface area contributed by atoms with Crippen LogP contribution in [-0.4, -0.2) is 22.9 Å². The predicted octanol–water partition coefficient (Wildman–Crippen LogP) is 2.89. The van der Waals surface area contributed by atoms with Gasteiger partial charge in [0.1, 0.15) is 0 Å². The SMILES string of the molecule is CC(O)(C1CC1)C1CCOC2(CCCC2)C1. The Morgan fingerprint density at radius 3 is 2.44 bits per heavy atom. The van der Waals surface area contributed by atoms with Crippen LogP contribution >= 0.6 is 0 Å². The van der Waals surface area contributed by atoms with Crippen LogP contribution in [-0.2, 0) is 4.74 Å². The molecule has 2 heteroatoms. The summed E-state index contributed by atoms with van der Waals surface area (Å²) in [5.74, 6) is 1.06. The number of hydrogen-bond acceptors (Lipinski definition) is 2. The smallest absolute Gasteiger partial charge is 0.0686 e. The van der Waals surface area contributed by atoms with Crippen molar-refractivity contribution in [1.82, 2.24) is 0 Å². The van der Waals surface area contributed by atoms with Gasteiger partial charge in [0, 0.05) is 6.61 Å². The van der Waals surface area contributed by atoms with Gasteiger partial charge in [0.2, 0.25) is 0 Å². The second kappa shape index (κ2) is 3.71. The molecule has 1 N–H and O–H groups in total. The minimum Gasteiger partial charge on any atom is -0.390 e. The summed E-state index contributed by atoms with van der Waals surface area (Å²) in [7, 11) is 0. The van der Waals surface area contributed by atoms with E-state index in [1.807, 2.05) is 0 Å². The largest absolute Gasteiger partial charge is 0.390 e. The molecule has 2 saturated carbocycles. The Morgan fingerprint density at radius 2 is 1.81 bits per heavy atom. The van der Waals surface area contributed by atoms with Gasteiger partial charge in [-0.25, -0.2) is 0 Å². The molecular weight excluding hydrogens is 200 g/mol. The van der Waals surface area contributed by atoms with Crippen LogP contribution in [0, 0.1) is 11.8 Å². The molecule has 1 aliphatic heterocycles. The van der Waals surface area contributed by atoms with Crippen molar-refractivity contribution in [2.75, 3.05) is 6.61 Å². The highest BCUT2D eigenvalue weighted by molar-refractivity contribution is 5.01. The van der Waals surface area contributed by atoms with Crippen LogP contribution in [0.5, 0.6) is 0 Å². The normalized spacial score (nSPS) is 37.5. The Labute approximate surface area is 98.4 Å². The summed E-state index contributed by atoms with van der Waals surface area (Å²) in [6, 6.07) is 0. The summed E-state index contributed by atoms with van der Waals surface area (Å²) < 4.78 is 6.04. The highest BCUT2D eigenvalue weighted by atomic mass is 16.5. The first-order valence-electron chi connectivity index (χ1n) is 6.99. The van der Waals surface area contributed by atoms with Crippen molar-refractivity contribution in [3.8, 4) is 0 Å². The zero-order valence-corrected chi connectivity index (χ0v) is 10.4. The van der Waals surface area contributed by atoms with Gasteiger partial charge in [0.15, 0.2) is 0 Å². The van der Waals surface area contributed by atoms with Gasteiger partial charge in [-0.2, -0.15) is 0 Å². The van der Waals surface area contributed by atoms with Gasteiger partial charge in [-0.05, 0) is 57.3 Å². The van der Waals surface area contributed by atoms with E-state index >= 15 is 0 Å².